The van der Waals surface area contributed by atoms with E-state index in [1.807, 2.05) is 0 Å². The Morgan fingerprint density at radius 1 is 1.33 bits per heavy atom. The first-order chi connectivity index (χ1) is 5.70. The lowest BCUT2D eigenvalue weighted by atomic mass is 9.84. The number of carboxylic acids is 1. The minimum absolute atomic E-state index is 0.196. The van der Waals surface area contributed by atoms with Crippen molar-refractivity contribution < 1.29 is 15.0 Å². The highest BCUT2D eigenvalue weighted by Crippen LogP contribution is 2.27. The van der Waals surface area contributed by atoms with Crippen LogP contribution in [0.15, 0.2) is 0 Å². The maximum absolute atomic E-state index is 10.3. The van der Waals surface area contributed by atoms with Gasteiger partial charge in [0.15, 0.2) is 0 Å². The average molecular weight is 172 g/mol. The van der Waals surface area contributed by atoms with Gasteiger partial charge in [0.2, 0.25) is 0 Å². The van der Waals surface area contributed by atoms with Gasteiger partial charge in [-0.15, -0.1) is 0 Å². The van der Waals surface area contributed by atoms with E-state index < -0.39 is 5.97 Å². The van der Waals surface area contributed by atoms with Crippen molar-refractivity contribution in [3.63, 3.8) is 0 Å². The average Bonchev–Trinajstić information content (AvgIpc) is 2.03. The second-order valence-electron chi connectivity index (χ2n) is 3.54. The maximum Gasteiger partial charge on any atom is 0.303 e. The molecule has 0 heterocycles. The van der Waals surface area contributed by atoms with Gasteiger partial charge in [-0.1, -0.05) is 12.8 Å². The Hall–Kier alpha value is -0.570. The first-order valence-corrected chi connectivity index (χ1v) is 4.60. The molecule has 0 amide bonds. The normalized spacial score (nSPS) is 30.1. The summed E-state index contributed by atoms with van der Waals surface area (Å²) in [6.07, 6.45) is 4.65. The summed E-state index contributed by atoms with van der Waals surface area (Å²) in [5, 5.41) is 17.9. The smallest absolute Gasteiger partial charge is 0.303 e. The molecule has 1 fully saturated rings. The minimum atomic E-state index is -0.757. The Kier molecular flexibility index (Phi) is 3.53. The van der Waals surface area contributed by atoms with Gasteiger partial charge in [-0.05, 0) is 25.2 Å². The first kappa shape index (κ1) is 9.52. The SMILES string of the molecule is O=C(O)CC[C@@H]1CCCC[C@@H]1O. The summed E-state index contributed by atoms with van der Waals surface area (Å²) in [5.41, 5.74) is 0. The van der Waals surface area contributed by atoms with Crippen LogP contribution in [0, 0.1) is 5.92 Å². The molecule has 0 radical (unpaired) electrons. The number of carbonyl (C=O) groups is 1. The predicted molar refractivity (Wildman–Crippen MR) is 44.8 cm³/mol. The van der Waals surface area contributed by atoms with Crippen LogP contribution in [0.4, 0.5) is 0 Å². The predicted octanol–water partition coefficient (Wildman–Crippen LogP) is 1.40. The number of hydrogen-bond acceptors (Lipinski definition) is 2. The number of rotatable bonds is 3. The highest BCUT2D eigenvalue weighted by atomic mass is 16.4. The molecule has 0 aromatic carbocycles. The van der Waals surface area contributed by atoms with Crippen LogP contribution in [-0.4, -0.2) is 22.3 Å². The van der Waals surface area contributed by atoms with Gasteiger partial charge < -0.3 is 10.2 Å². The van der Waals surface area contributed by atoms with Crippen molar-refractivity contribution in [3.8, 4) is 0 Å². The fraction of sp³-hybridized carbons (Fsp3) is 0.889. The molecule has 3 heteroatoms. The largest absolute Gasteiger partial charge is 0.481 e. The molecule has 0 saturated heterocycles. The minimum Gasteiger partial charge on any atom is -0.481 e. The van der Waals surface area contributed by atoms with Crippen molar-refractivity contribution in [2.75, 3.05) is 0 Å². The third-order valence-electron chi connectivity index (χ3n) is 2.60. The van der Waals surface area contributed by atoms with E-state index in [4.69, 9.17) is 5.11 Å². The molecule has 2 atom stereocenters. The maximum atomic E-state index is 10.3. The number of hydrogen-bond donors (Lipinski definition) is 2. The van der Waals surface area contributed by atoms with E-state index in [-0.39, 0.29) is 18.4 Å². The molecule has 1 rings (SSSR count). The monoisotopic (exact) mass is 172 g/mol. The summed E-state index contributed by atoms with van der Waals surface area (Å²) >= 11 is 0. The molecule has 2 N–H and O–H groups in total. The lowest BCUT2D eigenvalue weighted by Crippen LogP contribution is -2.24. The molecule has 0 unspecified atom stereocenters. The topological polar surface area (TPSA) is 57.5 Å². The third-order valence-corrected chi connectivity index (χ3v) is 2.60. The van der Waals surface area contributed by atoms with Crippen LogP contribution in [0.3, 0.4) is 0 Å². The molecular weight excluding hydrogens is 156 g/mol. The van der Waals surface area contributed by atoms with Gasteiger partial charge in [0, 0.05) is 6.42 Å². The van der Waals surface area contributed by atoms with Crippen LogP contribution in [0.5, 0.6) is 0 Å². The van der Waals surface area contributed by atoms with Gasteiger partial charge in [-0.25, -0.2) is 0 Å². The highest BCUT2D eigenvalue weighted by molar-refractivity contribution is 5.66. The standard InChI is InChI=1S/C9H16O3/c10-8-4-2-1-3-7(8)5-6-9(11)12/h7-8,10H,1-6H2,(H,11,12)/t7-,8-/m0/s1. The lowest BCUT2D eigenvalue weighted by Gasteiger charge is -2.26. The van der Waals surface area contributed by atoms with Crippen LogP contribution in [-0.2, 0) is 4.79 Å². The van der Waals surface area contributed by atoms with E-state index in [9.17, 15) is 9.90 Å². The molecule has 0 aromatic rings. The van der Waals surface area contributed by atoms with Gasteiger partial charge in [0.1, 0.15) is 0 Å². The Bertz CT molecular complexity index is 156. The van der Waals surface area contributed by atoms with Gasteiger partial charge >= 0.3 is 5.97 Å². The zero-order valence-corrected chi connectivity index (χ0v) is 7.20. The van der Waals surface area contributed by atoms with Crippen LogP contribution < -0.4 is 0 Å². The van der Waals surface area contributed by atoms with E-state index in [2.05, 4.69) is 0 Å². The molecule has 1 aliphatic carbocycles. The van der Waals surface area contributed by atoms with Crippen molar-refractivity contribution in [2.45, 2.75) is 44.6 Å². The second-order valence-corrected chi connectivity index (χ2v) is 3.54. The van der Waals surface area contributed by atoms with Crippen LogP contribution in [0.25, 0.3) is 0 Å². The van der Waals surface area contributed by atoms with E-state index in [1.54, 1.807) is 0 Å². The van der Waals surface area contributed by atoms with E-state index >= 15 is 0 Å². The Morgan fingerprint density at radius 3 is 2.58 bits per heavy atom. The fourth-order valence-corrected chi connectivity index (χ4v) is 1.83. The summed E-state index contributed by atoms with van der Waals surface area (Å²) in [7, 11) is 0. The van der Waals surface area contributed by atoms with Crippen LogP contribution in [0.1, 0.15) is 38.5 Å². The quantitative estimate of drug-likeness (QED) is 0.676. The Balaban J connectivity index is 2.24. The molecular formula is C9H16O3. The molecule has 0 spiro atoms. The zero-order valence-electron chi connectivity index (χ0n) is 7.20. The van der Waals surface area contributed by atoms with Gasteiger partial charge in [0.25, 0.3) is 0 Å². The van der Waals surface area contributed by atoms with Gasteiger partial charge in [0.05, 0.1) is 6.10 Å². The molecule has 1 saturated carbocycles. The van der Waals surface area contributed by atoms with Gasteiger partial charge in [-0.3, -0.25) is 4.79 Å². The van der Waals surface area contributed by atoms with Crippen molar-refractivity contribution in [3.05, 3.63) is 0 Å². The van der Waals surface area contributed by atoms with E-state index in [1.165, 1.54) is 0 Å². The summed E-state index contributed by atoms with van der Waals surface area (Å²) in [4.78, 5) is 10.3. The van der Waals surface area contributed by atoms with Crippen LogP contribution in [0.2, 0.25) is 0 Å². The number of aliphatic hydroxyl groups is 1. The van der Waals surface area contributed by atoms with Crippen molar-refractivity contribution in [1.82, 2.24) is 0 Å². The fourth-order valence-electron chi connectivity index (χ4n) is 1.83. The van der Waals surface area contributed by atoms with Crippen molar-refractivity contribution >= 4 is 5.97 Å². The second kappa shape index (κ2) is 4.45. The Morgan fingerprint density at radius 2 is 2.00 bits per heavy atom. The summed E-state index contributed by atoms with van der Waals surface area (Å²) in [6, 6.07) is 0. The molecule has 0 aliphatic heterocycles. The van der Waals surface area contributed by atoms with Gasteiger partial charge in [-0.2, -0.15) is 0 Å². The Labute approximate surface area is 72.4 Å². The molecule has 1 aliphatic rings. The number of carboxylic acid groups (broad SMARTS) is 1. The van der Waals surface area contributed by atoms with E-state index in [0.717, 1.165) is 25.7 Å². The number of aliphatic carboxylic acids is 1. The lowest BCUT2D eigenvalue weighted by molar-refractivity contribution is -0.137. The summed E-state index contributed by atoms with van der Waals surface area (Å²) in [5.74, 6) is -0.525. The first-order valence-electron chi connectivity index (χ1n) is 4.60. The molecule has 3 nitrogen and oxygen atoms in total. The van der Waals surface area contributed by atoms with E-state index in [0.29, 0.717) is 6.42 Å². The molecule has 12 heavy (non-hydrogen) atoms. The number of aliphatic hydroxyl groups excluding tert-OH is 1. The highest BCUT2D eigenvalue weighted by Gasteiger charge is 2.22. The molecule has 0 aromatic heterocycles. The zero-order chi connectivity index (χ0) is 8.97. The van der Waals surface area contributed by atoms with Crippen molar-refractivity contribution in [1.29, 1.82) is 0 Å². The third kappa shape index (κ3) is 2.81. The summed E-state index contributed by atoms with van der Waals surface area (Å²) < 4.78 is 0. The summed E-state index contributed by atoms with van der Waals surface area (Å²) in [6.45, 7) is 0. The molecule has 0 bridgehead atoms. The molecule has 70 valence electrons. The van der Waals surface area contributed by atoms with Crippen molar-refractivity contribution in [2.24, 2.45) is 5.92 Å². The van der Waals surface area contributed by atoms with Crippen LogP contribution >= 0.6 is 0 Å².